The molecule has 1 aromatic rings. The summed E-state index contributed by atoms with van der Waals surface area (Å²) < 4.78 is 5.27. The van der Waals surface area contributed by atoms with Gasteiger partial charge in [0.05, 0.1) is 6.61 Å². The summed E-state index contributed by atoms with van der Waals surface area (Å²) in [6.45, 7) is 3.86. The van der Waals surface area contributed by atoms with Crippen LogP contribution in [-0.4, -0.2) is 48.2 Å². The van der Waals surface area contributed by atoms with Crippen LogP contribution in [0.4, 0.5) is 6.01 Å². The monoisotopic (exact) mass is 197 g/mol. The molecular weight excluding hydrogens is 182 g/mol. The average Bonchev–Trinajstić information content (AvgIpc) is 2.67. The summed E-state index contributed by atoms with van der Waals surface area (Å²) in [5.74, 6) is 0. The summed E-state index contributed by atoms with van der Waals surface area (Å²) in [5, 5.41) is 8.84. The minimum atomic E-state index is -0.0583. The molecule has 1 aliphatic rings. The third-order valence-electron chi connectivity index (χ3n) is 2.48. The largest absolute Gasteiger partial charge is 0.432 e. The van der Waals surface area contributed by atoms with Crippen LogP contribution >= 0.6 is 0 Å². The summed E-state index contributed by atoms with van der Waals surface area (Å²) in [7, 11) is 2.10. The Hall–Kier alpha value is -1.07. The van der Waals surface area contributed by atoms with Gasteiger partial charge in [-0.25, -0.2) is 0 Å². The topological polar surface area (TPSA) is 52.7 Å². The van der Waals surface area contributed by atoms with Gasteiger partial charge < -0.3 is 19.3 Å². The van der Waals surface area contributed by atoms with Crippen molar-refractivity contribution in [2.75, 3.05) is 38.1 Å². The second-order valence-corrected chi connectivity index (χ2v) is 3.57. The van der Waals surface area contributed by atoms with E-state index in [-0.39, 0.29) is 6.61 Å². The molecule has 0 saturated carbocycles. The molecule has 0 bridgehead atoms. The number of anilines is 1. The smallest absolute Gasteiger partial charge is 0.297 e. The quantitative estimate of drug-likeness (QED) is 0.718. The second kappa shape index (κ2) is 3.98. The van der Waals surface area contributed by atoms with Crippen LogP contribution in [0, 0.1) is 0 Å². The maximum atomic E-state index is 8.84. The van der Waals surface area contributed by atoms with Gasteiger partial charge in [-0.3, -0.25) is 0 Å². The highest BCUT2D eigenvalue weighted by Crippen LogP contribution is 2.15. The first-order valence-corrected chi connectivity index (χ1v) is 4.78. The summed E-state index contributed by atoms with van der Waals surface area (Å²) in [5.41, 5.74) is 0.596. The van der Waals surface area contributed by atoms with E-state index in [1.165, 1.54) is 6.26 Å². The lowest BCUT2D eigenvalue weighted by Crippen LogP contribution is -2.44. The molecule has 0 atom stereocenters. The van der Waals surface area contributed by atoms with Gasteiger partial charge in [0.2, 0.25) is 0 Å². The van der Waals surface area contributed by atoms with Crippen molar-refractivity contribution < 1.29 is 9.52 Å². The van der Waals surface area contributed by atoms with Gasteiger partial charge in [-0.15, -0.1) is 0 Å². The Morgan fingerprint density at radius 3 is 2.71 bits per heavy atom. The first-order valence-electron chi connectivity index (χ1n) is 4.78. The van der Waals surface area contributed by atoms with Crippen molar-refractivity contribution in [3.8, 4) is 0 Å². The lowest BCUT2D eigenvalue weighted by Gasteiger charge is -2.31. The standard InChI is InChI=1S/C9H15N3O2/c1-11-2-4-12(5-3-11)9-10-8(6-13)7-14-9/h7,13H,2-6H2,1H3. The number of hydrogen-bond donors (Lipinski definition) is 1. The van der Waals surface area contributed by atoms with Crippen LogP contribution in [0.5, 0.6) is 0 Å². The number of nitrogens with zero attached hydrogens (tertiary/aromatic N) is 3. The van der Waals surface area contributed by atoms with E-state index in [2.05, 4.69) is 21.8 Å². The highest BCUT2D eigenvalue weighted by molar-refractivity contribution is 5.27. The molecule has 0 aromatic carbocycles. The SMILES string of the molecule is CN1CCN(c2nc(CO)co2)CC1. The minimum Gasteiger partial charge on any atom is -0.432 e. The van der Waals surface area contributed by atoms with E-state index < -0.39 is 0 Å². The van der Waals surface area contributed by atoms with Gasteiger partial charge in [-0.05, 0) is 7.05 Å². The molecule has 0 unspecified atom stereocenters. The lowest BCUT2D eigenvalue weighted by molar-refractivity contribution is 0.276. The number of rotatable bonds is 2. The molecular formula is C9H15N3O2. The fourth-order valence-corrected chi connectivity index (χ4v) is 1.51. The number of aliphatic hydroxyl groups excluding tert-OH is 1. The van der Waals surface area contributed by atoms with Gasteiger partial charge >= 0.3 is 0 Å². The van der Waals surface area contributed by atoms with Crippen molar-refractivity contribution in [1.29, 1.82) is 0 Å². The maximum absolute atomic E-state index is 8.84. The first-order chi connectivity index (χ1) is 6.79. The second-order valence-electron chi connectivity index (χ2n) is 3.57. The van der Waals surface area contributed by atoms with Crippen LogP contribution < -0.4 is 4.90 Å². The van der Waals surface area contributed by atoms with Crippen molar-refractivity contribution >= 4 is 6.01 Å². The van der Waals surface area contributed by atoms with Crippen LogP contribution in [0.2, 0.25) is 0 Å². The number of hydrogen-bond acceptors (Lipinski definition) is 5. The fraction of sp³-hybridized carbons (Fsp3) is 0.667. The highest BCUT2D eigenvalue weighted by Gasteiger charge is 2.17. The van der Waals surface area contributed by atoms with E-state index in [0.29, 0.717) is 11.7 Å². The summed E-state index contributed by atoms with van der Waals surface area (Å²) >= 11 is 0. The number of aliphatic hydroxyl groups is 1. The van der Waals surface area contributed by atoms with E-state index in [9.17, 15) is 0 Å². The van der Waals surface area contributed by atoms with Crippen molar-refractivity contribution in [3.63, 3.8) is 0 Å². The molecule has 2 heterocycles. The Kier molecular flexibility index (Phi) is 2.69. The predicted octanol–water partition coefficient (Wildman–Crippen LogP) is -0.0813. The Balaban J connectivity index is 2.01. The number of oxazole rings is 1. The molecule has 2 rings (SSSR count). The number of aromatic nitrogens is 1. The van der Waals surface area contributed by atoms with Gasteiger partial charge in [0, 0.05) is 26.2 Å². The van der Waals surface area contributed by atoms with Crippen LogP contribution in [0.1, 0.15) is 5.69 Å². The zero-order chi connectivity index (χ0) is 9.97. The first kappa shape index (κ1) is 9.48. The van der Waals surface area contributed by atoms with Crippen LogP contribution in [0.15, 0.2) is 10.7 Å². The molecule has 1 aliphatic heterocycles. The normalized spacial score (nSPS) is 18.9. The maximum Gasteiger partial charge on any atom is 0.297 e. The fourth-order valence-electron chi connectivity index (χ4n) is 1.51. The molecule has 1 saturated heterocycles. The van der Waals surface area contributed by atoms with E-state index in [1.807, 2.05) is 0 Å². The van der Waals surface area contributed by atoms with Gasteiger partial charge in [-0.2, -0.15) is 4.98 Å². The van der Waals surface area contributed by atoms with E-state index in [4.69, 9.17) is 9.52 Å². The molecule has 0 amide bonds. The molecule has 14 heavy (non-hydrogen) atoms. The van der Waals surface area contributed by atoms with E-state index in [1.54, 1.807) is 0 Å². The molecule has 0 aliphatic carbocycles. The number of likely N-dealkylation sites (N-methyl/N-ethyl adjacent to an activating group) is 1. The number of piperazine rings is 1. The zero-order valence-electron chi connectivity index (χ0n) is 8.31. The van der Waals surface area contributed by atoms with Crippen molar-refractivity contribution in [3.05, 3.63) is 12.0 Å². The van der Waals surface area contributed by atoms with Crippen LogP contribution in [0.25, 0.3) is 0 Å². The highest BCUT2D eigenvalue weighted by atomic mass is 16.4. The Morgan fingerprint density at radius 2 is 2.14 bits per heavy atom. The van der Waals surface area contributed by atoms with Crippen molar-refractivity contribution in [2.45, 2.75) is 6.61 Å². The van der Waals surface area contributed by atoms with Crippen molar-refractivity contribution in [2.24, 2.45) is 0 Å². The van der Waals surface area contributed by atoms with Gasteiger partial charge in [0.15, 0.2) is 0 Å². The molecule has 1 fully saturated rings. The van der Waals surface area contributed by atoms with Crippen molar-refractivity contribution in [1.82, 2.24) is 9.88 Å². The summed E-state index contributed by atoms with van der Waals surface area (Å²) in [4.78, 5) is 8.53. The van der Waals surface area contributed by atoms with E-state index >= 15 is 0 Å². The lowest BCUT2D eigenvalue weighted by atomic mass is 10.3. The van der Waals surface area contributed by atoms with Gasteiger partial charge in [0.1, 0.15) is 12.0 Å². The molecule has 78 valence electrons. The third kappa shape index (κ3) is 1.88. The Morgan fingerprint density at radius 1 is 1.43 bits per heavy atom. The summed E-state index contributed by atoms with van der Waals surface area (Å²) in [6, 6.07) is 0.627. The van der Waals surface area contributed by atoms with Crippen LogP contribution in [-0.2, 0) is 6.61 Å². The zero-order valence-corrected chi connectivity index (χ0v) is 8.31. The summed E-state index contributed by atoms with van der Waals surface area (Å²) in [6.07, 6.45) is 1.51. The van der Waals surface area contributed by atoms with E-state index in [0.717, 1.165) is 26.2 Å². The molecule has 0 radical (unpaired) electrons. The average molecular weight is 197 g/mol. The van der Waals surface area contributed by atoms with Gasteiger partial charge in [0.25, 0.3) is 6.01 Å². The molecule has 1 N–H and O–H groups in total. The van der Waals surface area contributed by atoms with Gasteiger partial charge in [-0.1, -0.05) is 0 Å². The third-order valence-corrected chi connectivity index (χ3v) is 2.48. The Labute approximate surface area is 82.9 Å². The molecule has 0 spiro atoms. The molecule has 5 heteroatoms. The molecule has 1 aromatic heterocycles. The molecule has 5 nitrogen and oxygen atoms in total. The predicted molar refractivity (Wildman–Crippen MR) is 52.1 cm³/mol. The Bertz CT molecular complexity index is 292. The van der Waals surface area contributed by atoms with Crippen LogP contribution in [0.3, 0.4) is 0 Å². The minimum absolute atomic E-state index is 0.0583.